The molecule has 4 nitrogen and oxygen atoms in total. The Morgan fingerprint density at radius 3 is 2.42 bits per heavy atom. The highest BCUT2D eigenvalue weighted by Crippen LogP contribution is 2.22. The van der Waals surface area contributed by atoms with Crippen LogP contribution in [0.15, 0.2) is 24.3 Å². The molecule has 1 aliphatic rings. The molecule has 0 N–H and O–H groups in total. The van der Waals surface area contributed by atoms with E-state index >= 15 is 0 Å². The lowest BCUT2D eigenvalue weighted by atomic mass is 10.1. The van der Waals surface area contributed by atoms with Crippen LogP contribution >= 0.6 is 11.6 Å². The zero-order chi connectivity index (χ0) is 13.8. The van der Waals surface area contributed by atoms with E-state index in [-0.39, 0.29) is 11.4 Å². The fourth-order valence-electron chi connectivity index (χ4n) is 2.15. The van der Waals surface area contributed by atoms with Gasteiger partial charge in [0, 0.05) is 12.1 Å². The fraction of sp³-hybridized carbons (Fsp3) is 0.429. The highest BCUT2D eigenvalue weighted by atomic mass is 35.5. The van der Waals surface area contributed by atoms with Crippen LogP contribution in [-0.2, 0) is 4.74 Å². The zero-order valence-corrected chi connectivity index (χ0v) is 11.5. The van der Waals surface area contributed by atoms with Crippen LogP contribution in [0.5, 0.6) is 0 Å². The van der Waals surface area contributed by atoms with Crippen LogP contribution in [0.25, 0.3) is 0 Å². The Bertz CT molecular complexity index is 472. The molecule has 1 aliphatic heterocycles. The summed E-state index contributed by atoms with van der Waals surface area (Å²) >= 11 is 6.16. The summed E-state index contributed by atoms with van der Waals surface area (Å²) in [6.45, 7) is 0.686. The molecule has 1 aromatic rings. The van der Waals surface area contributed by atoms with Crippen molar-refractivity contribution < 1.29 is 14.3 Å². The minimum atomic E-state index is -0.410. The number of methoxy groups -OCH3 is 1. The summed E-state index contributed by atoms with van der Waals surface area (Å²) in [5, 5.41) is 0. The van der Waals surface area contributed by atoms with Crippen molar-refractivity contribution in [2.24, 2.45) is 0 Å². The molecule has 5 heteroatoms. The van der Waals surface area contributed by atoms with Gasteiger partial charge in [-0.25, -0.2) is 4.79 Å². The van der Waals surface area contributed by atoms with E-state index in [0.29, 0.717) is 17.7 Å². The van der Waals surface area contributed by atoms with E-state index in [1.165, 1.54) is 7.11 Å². The van der Waals surface area contributed by atoms with Crippen molar-refractivity contribution in [1.29, 1.82) is 0 Å². The molecule has 1 unspecified atom stereocenters. The molecule has 1 heterocycles. The number of piperidine rings is 1. The molecule has 2 rings (SSSR count). The van der Waals surface area contributed by atoms with Crippen molar-refractivity contribution in [2.75, 3.05) is 13.7 Å². The van der Waals surface area contributed by atoms with Gasteiger partial charge in [0.1, 0.15) is 5.50 Å². The second kappa shape index (κ2) is 6.06. The quantitative estimate of drug-likeness (QED) is 0.476. The van der Waals surface area contributed by atoms with Gasteiger partial charge < -0.3 is 9.64 Å². The van der Waals surface area contributed by atoms with E-state index in [0.717, 1.165) is 19.3 Å². The van der Waals surface area contributed by atoms with E-state index < -0.39 is 5.97 Å². The maximum atomic E-state index is 12.3. The number of esters is 1. The van der Waals surface area contributed by atoms with Gasteiger partial charge in [0.05, 0.1) is 12.7 Å². The van der Waals surface area contributed by atoms with Crippen LogP contribution in [0.2, 0.25) is 0 Å². The number of nitrogens with zero attached hydrogens (tertiary/aromatic N) is 1. The molecule has 0 saturated carbocycles. The van der Waals surface area contributed by atoms with Crippen molar-refractivity contribution in [3.63, 3.8) is 0 Å². The second-order valence-electron chi connectivity index (χ2n) is 4.50. The molecule has 0 aromatic heterocycles. The lowest BCUT2D eigenvalue weighted by Gasteiger charge is -2.31. The van der Waals surface area contributed by atoms with Crippen molar-refractivity contribution in [3.05, 3.63) is 35.4 Å². The maximum absolute atomic E-state index is 12.3. The lowest BCUT2D eigenvalue weighted by Crippen LogP contribution is -2.40. The standard InChI is InChI=1S/C14H16ClNO3/c1-19-14(18)11-7-5-10(6-8-11)13(17)16-9-3-2-4-12(16)15/h5-8,12H,2-4,9H2,1H3. The minimum absolute atomic E-state index is 0.0869. The van der Waals surface area contributed by atoms with E-state index in [1.807, 2.05) is 0 Å². The van der Waals surface area contributed by atoms with Crippen LogP contribution < -0.4 is 0 Å². The number of halogens is 1. The first-order valence-corrected chi connectivity index (χ1v) is 6.70. The number of benzene rings is 1. The van der Waals surface area contributed by atoms with E-state index in [2.05, 4.69) is 4.74 Å². The third kappa shape index (κ3) is 3.07. The van der Waals surface area contributed by atoms with Gasteiger partial charge in [0.15, 0.2) is 0 Å². The van der Waals surface area contributed by atoms with Gasteiger partial charge >= 0.3 is 5.97 Å². The number of hydrogen-bond acceptors (Lipinski definition) is 3. The van der Waals surface area contributed by atoms with Crippen LogP contribution in [0.4, 0.5) is 0 Å². The fourth-order valence-corrected chi connectivity index (χ4v) is 2.49. The van der Waals surface area contributed by atoms with Crippen molar-refractivity contribution >= 4 is 23.5 Å². The number of alkyl halides is 1. The maximum Gasteiger partial charge on any atom is 0.337 e. The monoisotopic (exact) mass is 281 g/mol. The molecule has 1 atom stereocenters. The first-order valence-electron chi connectivity index (χ1n) is 6.27. The van der Waals surface area contributed by atoms with Gasteiger partial charge in [-0.3, -0.25) is 4.79 Å². The zero-order valence-electron chi connectivity index (χ0n) is 10.8. The Kier molecular flexibility index (Phi) is 4.43. The topological polar surface area (TPSA) is 46.6 Å². The van der Waals surface area contributed by atoms with E-state index in [9.17, 15) is 9.59 Å². The van der Waals surface area contributed by atoms with Gasteiger partial charge in [-0.05, 0) is 43.5 Å². The molecule has 0 radical (unpaired) electrons. The average molecular weight is 282 g/mol. The molecule has 1 aromatic carbocycles. The Balaban J connectivity index is 2.13. The Hall–Kier alpha value is -1.55. The molecule has 1 fully saturated rings. The van der Waals surface area contributed by atoms with Crippen molar-refractivity contribution in [2.45, 2.75) is 24.8 Å². The first-order chi connectivity index (χ1) is 9.13. The Morgan fingerprint density at radius 2 is 1.84 bits per heavy atom. The summed E-state index contributed by atoms with van der Waals surface area (Å²) in [6, 6.07) is 6.44. The second-order valence-corrected chi connectivity index (χ2v) is 5.00. The molecular formula is C14H16ClNO3. The summed E-state index contributed by atoms with van der Waals surface area (Å²) < 4.78 is 4.61. The molecule has 0 bridgehead atoms. The SMILES string of the molecule is COC(=O)c1ccc(C(=O)N2CCCCC2Cl)cc1. The normalized spacial score (nSPS) is 19.1. The Labute approximate surface area is 117 Å². The summed E-state index contributed by atoms with van der Waals surface area (Å²) in [4.78, 5) is 25.3. The Morgan fingerprint density at radius 1 is 1.21 bits per heavy atom. The average Bonchev–Trinajstić information content (AvgIpc) is 2.46. The smallest absolute Gasteiger partial charge is 0.337 e. The molecule has 0 aliphatic carbocycles. The highest BCUT2D eigenvalue weighted by molar-refractivity contribution is 6.21. The van der Waals surface area contributed by atoms with E-state index in [1.54, 1.807) is 29.2 Å². The molecular weight excluding hydrogens is 266 g/mol. The molecule has 102 valence electrons. The molecule has 1 saturated heterocycles. The van der Waals surface area contributed by atoms with Crippen LogP contribution in [0, 0.1) is 0 Å². The van der Waals surface area contributed by atoms with Gasteiger partial charge in [-0.1, -0.05) is 11.6 Å². The minimum Gasteiger partial charge on any atom is -0.465 e. The third-order valence-electron chi connectivity index (χ3n) is 3.24. The number of carbonyl (C=O) groups excluding carboxylic acids is 2. The summed E-state index contributed by atoms with van der Waals surface area (Å²) in [7, 11) is 1.33. The van der Waals surface area contributed by atoms with Crippen LogP contribution in [-0.4, -0.2) is 35.9 Å². The summed E-state index contributed by atoms with van der Waals surface area (Å²) in [5.74, 6) is -0.497. The summed E-state index contributed by atoms with van der Waals surface area (Å²) in [6.07, 6.45) is 2.86. The van der Waals surface area contributed by atoms with Gasteiger partial charge in [-0.2, -0.15) is 0 Å². The number of ether oxygens (including phenoxy) is 1. The van der Waals surface area contributed by atoms with Gasteiger partial charge in [0.25, 0.3) is 5.91 Å². The molecule has 1 amide bonds. The lowest BCUT2D eigenvalue weighted by molar-refractivity contribution is 0.0599. The van der Waals surface area contributed by atoms with E-state index in [4.69, 9.17) is 11.6 Å². The first kappa shape index (κ1) is 13.9. The molecule has 0 spiro atoms. The van der Waals surface area contributed by atoms with Crippen molar-refractivity contribution in [1.82, 2.24) is 4.90 Å². The largest absolute Gasteiger partial charge is 0.465 e. The van der Waals surface area contributed by atoms with Gasteiger partial charge in [-0.15, -0.1) is 0 Å². The predicted octanol–water partition coefficient (Wildman–Crippen LogP) is 2.66. The van der Waals surface area contributed by atoms with Gasteiger partial charge in [0.2, 0.25) is 0 Å². The van der Waals surface area contributed by atoms with Crippen LogP contribution in [0.3, 0.4) is 0 Å². The van der Waals surface area contributed by atoms with Crippen LogP contribution in [0.1, 0.15) is 40.0 Å². The third-order valence-corrected chi connectivity index (χ3v) is 3.70. The number of likely N-dealkylation sites (tertiary alicyclic amines) is 1. The summed E-state index contributed by atoms with van der Waals surface area (Å²) in [5.41, 5.74) is 0.738. The molecule has 19 heavy (non-hydrogen) atoms. The predicted molar refractivity (Wildman–Crippen MR) is 72.3 cm³/mol. The number of amides is 1. The number of hydrogen-bond donors (Lipinski definition) is 0. The number of rotatable bonds is 2. The van der Waals surface area contributed by atoms with Crippen molar-refractivity contribution in [3.8, 4) is 0 Å². The highest BCUT2D eigenvalue weighted by Gasteiger charge is 2.25. The number of carbonyl (C=O) groups is 2.